The third-order valence-corrected chi connectivity index (χ3v) is 4.09. The van der Waals surface area contributed by atoms with Gasteiger partial charge in [-0.05, 0) is 30.3 Å². The number of nitrogens with one attached hydrogen (secondary N) is 1. The summed E-state index contributed by atoms with van der Waals surface area (Å²) in [5, 5.41) is 11.9. The molecule has 3 rings (SSSR count). The van der Waals surface area contributed by atoms with Crippen LogP contribution in [0, 0.1) is 0 Å². The summed E-state index contributed by atoms with van der Waals surface area (Å²) >= 11 is 0. The zero-order valence-corrected chi connectivity index (χ0v) is 14.5. The highest BCUT2D eigenvalue weighted by molar-refractivity contribution is 6.35. The number of aromatic carboxylic acids is 1. The van der Waals surface area contributed by atoms with Gasteiger partial charge in [0, 0.05) is 28.5 Å². The third-order valence-electron chi connectivity index (χ3n) is 4.09. The van der Waals surface area contributed by atoms with E-state index in [1.807, 2.05) is 0 Å². The van der Waals surface area contributed by atoms with Gasteiger partial charge in [0.15, 0.2) is 11.5 Å². The highest BCUT2D eigenvalue weighted by Gasteiger charge is 2.26. The van der Waals surface area contributed by atoms with Crippen LogP contribution in [-0.4, -0.2) is 38.3 Å². The molecule has 26 heavy (non-hydrogen) atoms. The average Bonchev–Trinajstić information content (AvgIpc) is 2.95. The van der Waals surface area contributed by atoms with Gasteiger partial charge in [-0.15, -0.1) is 0 Å². The molecule has 2 N–H and O–H groups in total. The van der Waals surface area contributed by atoms with Crippen LogP contribution in [0.4, 0.5) is 5.69 Å². The van der Waals surface area contributed by atoms with Gasteiger partial charge in [-0.2, -0.15) is 0 Å². The fourth-order valence-corrected chi connectivity index (χ4v) is 2.79. The smallest absolute Gasteiger partial charge is 0.335 e. The van der Waals surface area contributed by atoms with Gasteiger partial charge in [-0.1, -0.05) is 0 Å². The van der Waals surface area contributed by atoms with E-state index in [0.29, 0.717) is 39.6 Å². The summed E-state index contributed by atoms with van der Waals surface area (Å²) in [5.41, 5.74) is 2.13. The van der Waals surface area contributed by atoms with Crippen molar-refractivity contribution >= 4 is 29.2 Å². The van der Waals surface area contributed by atoms with Crippen molar-refractivity contribution in [2.75, 3.05) is 26.6 Å². The quantitative estimate of drug-likeness (QED) is 0.801. The summed E-state index contributed by atoms with van der Waals surface area (Å²) in [4.78, 5) is 23.6. The predicted octanol–water partition coefficient (Wildman–Crippen LogP) is 2.90. The van der Waals surface area contributed by atoms with Crippen LogP contribution < -0.4 is 19.5 Å². The van der Waals surface area contributed by atoms with Crippen LogP contribution >= 0.6 is 0 Å². The van der Waals surface area contributed by atoms with Gasteiger partial charge in [0.05, 0.1) is 26.9 Å². The zero-order chi connectivity index (χ0) is 18.8. The van der Waals surface area contributed by atoms with E-state index >= 15 is 0 Å². The molecule has 0 radical (unpaired) electrons. The molecule has 0 saturated carbocycles. The fraction of sp³-hybridized carbons (Fsp3) is 0.158. The van der Waals surface area contributed by atoms with E-state index in [1.54, 1.807) is 24.3 Å². The molecule has 0 atom stereocenters. The summed E-state index contributed by atoms with van der Waals surface area (Å²) in [6.45, 7) is 0. The number of benzene rings is 2. The molecule has 0 aliphatic carbocycles. The second-order valence-corrected chi connectivity index (χ2v) is 5.53. The molecule has 0 bridgehead atoms. The van der Waals surface area contributed by atoms with Crippen LogP contribution in [0.5, 0.6) is 17.2 Å². The van der Waals surface area contributed by atoms with Crippen molar-refractivity contribution in [2.24, 2.45) is 0 Å². The lowest BCUT2D eigenvalue weighted by Crippen LogP contribution is -2.03. The molecule has 0 spiro atoms. The molecular formula is C19H17NO6. The minimum Gasteiger partial charge on any atom is -0.496 e. The van der Waals surface area contributed by atoms with Crippen molar-refractivity contribution in [3.8, 4) is 17.2 Å². The second-order valence-electron chi connectivity index (χ2n) is 5.53. The maximum absolute atomic E-state index is 12.4. The number of carbonyl (C=O) groups excluding carboxylic acids is 1. The van der Waals surface area contributed by atoms with Crippen molar-refractivity contribution in [1.82, 2.24) is 0 Å². The maximum Gasteiger partial charge on any atom is 0.335 e. The standard InChI is InChI=1S/C19H17NO6/c1-24-15-9-17(26-3)16(25-2)8-11(15)7-13-12-6-10(19(22)23)4-5-14(12)20-18(13)21/h4-9H,1-3H3,(H,20,21)(H,22,23)/b13-7+. The highest BCUT2D eigenvalue weighted by atomic mass is 16.5. The molecule has 7 heteroatoms. The Morgan fingerprint density at radius 2 is 1.65 bits per heavy atom. The monoisotopic (exact) mass is 355 g/mol. The molecule has 2 aromatic rings. The van der Waals surface area contributed by atoms with Crippen LogP contribution in [0.3, 0.4) is 0 Å². The molecular weight excluding hydrogens is 338 g/mol. The average molecular weight is 355 g/mol. The first kappa shape index (κ1) is 17.3. The lowest BCUT2D eigenvalue weighted by Gasteiger charge is -2.12. The number of carbonyl (C=O) groups is 2. The molecule has 1 amide bonds. The molecule has 1 aliphatic heterocycles. The first-order chi connectivity index (χ1) is 12.5. The van der Waals surface area contributed by atoms with Crippen molar-refractivity contribution in [1.29, 1.82) is 0 Å². The molecule has 1 aliphatic rings. The first-order valence-electron chi connectivity index (χ1n) is 7.69. The maximum atomic E-state index is 12.4. The van der Waals surface area contributed by atoms with Crippen molar-refractivity contribution < 1.29 is 28.9 Å². The van der Waals surface area contributed by atoms with E-state index in [0.717, 1.165) is 0 Å². The van der Waals surface area contributed by atoms with Gasteiger partial charge in [-0.3, -0.25) is 4.79 Å². The summed E-state index contributed by atoms with van der Waals surface area (Å²) in [5.74, 6) is 0.0920. The van der Waals surface area contributed by atoms with E-state index in [9.17, 15) is 14.7 Å². The summed E-state index contributed by atoms with van der Waals surface area (Å²) < 4.78 is 15.9. The van der Waals surface area contributed by atoms with E-state index in [4.69, 9.17) is 14.2 Å². The lowest BCUT2D eigenvalue weighted by molar-refractivity contribution is -0.110. The van der Waals surface area contributed by atoms with Crippen LogP contribution in [0.15, 0.2) is 30.3 Å². The van der Waals surface area contributed by atoms with Gasteiger partial charge < -0.3 is 24.6 Å². The van der Waals surface area contributed by atoms with E-state index < -0.39 is 5.97 Å². The normalized spacial score (nSPS) is 14.0. The Bertz CT molecular complexity index is 932. The van der Waals surface area contributed by atoms with Gasteiger partial charge in [-0.25, -0.2) is 4.79 Å². The minimum absolute atomic E-state index is 0.102. The Labute approximate surface area is 149 Å². The molecule has 2 aromatic carbocycles. The Balaban J connectivity index is 2.16. The van der Waals surface area contributed by atoms with Crippen LogP contribution in [0.2, 0.25) is 0 Å². The SMILES string of the molecule is COc1cc(OC)c(OC)cc1/C=C1/C(=O)Nc2ccc(C(=O)O)cc21. The van der Waals surface area contributed by atoms with Crippen LogP contribution in [0.1, 0.15) is 21.5 Å². The summed E-state index contributed by atoms with van der Waals surface area (Å²) in [6.07, 6.45) is 1.63. The topological polar surface area (TPSA) is 94.1 Å². The second kappa shape index (κ2) is 6.79. The molecule has 0 aromatic heterocycles. The molecule has 1 heterocycles. The highest BCUT2D eigenvalue weighted by Crippen LogP contribution is 2.39. The third kappa shape index (κ3) is 2.95. The number of hydrogen-bond donors (Lipinski definition) is 2. The predicted molar refractivity (Wildman–Crippen MR) is 96.0 cm³/mol. The van der Waals surface area contributed by atoms with Crippen LogP contribution in [0.25, 0.3) is 11.6 Å². The Morgan fingerprint density at radius 3 is 2.27 bits per heavy atom. The Morgan fingerprint density at radius 1 is 1.00 bits per heavy atom. The molecule has 0 fully saturated rings. The summed E-state index contributed by atoms with van der Waals surface area (Å²) in [6, 6.07) is 7.84. The zero-order valence-electron chi connectivity index (χ0n) is 14.5. The molecule has 7 nitrogen and oxygen atoms in total. The van der Waals surface area contributed by atoms with E-state index in [2.05, 4.69) is 5.32 Å². The molecule has 0 saturated heterocycles. The number of carboxylic acids is 1. The number of methoxy groups -OCH3 is 3. The van der Waals surface area contributed by atoms with Crippen molar-refractivity contribution in [3.63, 3.8) is 0 Å². The number of amides is 1. The van der Waals surface area contributed by atoms with Gasteiger partial charge in [0.25, 0.3) is 5.91 Å². The Hall–Kier alpha value is -3.48. The first-order valence-corrected chi connectivity index (χ1v) is 7.69. The van der Waals surface area contributed by atoms with Crippen molar-refractivity contribution in [3.05, 3.63) is 47.0 Å². The largest absolute Gasteiger partial charge is 0.496 e. The number of ether oxygens (including phenoxy) is 3. The van der Waals surface area contributed by atoms with Gasteiger partial charge in [0.2, 0.25) is 0 Å². The van der Waals surface area contributed by atoms with E-state index in [-0.39, 0.29) is 11.5 Å². The minimum atomic E-state index is -1.06. The van der Waals surface area contributed by atoms with Crippen LogP contribution in [-0.2, 0) is 4.79 Å². The number of anilines is 1. The van der Waals surface area contributed by atoms with Crippen molar-refractivity contribution in [2.45, 2.75) is 0 Å². The number of carboxylic acid groups (broad SMARTS) is 1. The number of fused-ring (bicyclic) bond motifs is 1. The van der Waals surface area contributed by atoms with Gasteiger partial charge in [0.1, 0.15) is 5.75 Å². The molecule has 134 valence electrons. The summed E-state index contributed by atoms with van der Waals surface area (Å²) in [7, 11) is 4.54. The van der Waals surface area contributed by atoms with E-state index in [1.165, 1.54) is 33.5 Å². The Kier molecular flexibility index (Phi) is 4.53. The fourth-order valence-electron chi connectivity index (χ4n) is 2.79. The lowest BCUT2D eigenvalue weighted by atomic mass is 10.0. The molecule has 0 unspecified atom stereocenters. The van der Waals surface area contributed by atoms with Gasteiger partial charge >= 0.3 is 5.97 Å². The number of hydrogen-bond acceptors (Lipinski definition) is 5. The number of rotatable bonds is 5.